The summed E-state index contributed by atoms with van der Waals surface area (Å²) in [4.78, 5) is 25.1. The Morgan fingerprint density at radius 2 is 1.88 bits per heavy atom. The van der Waals surface area contributed by atoms with Crippen molar-refractivity contribution >= 4 is 22.8 Å². The van der Waals surface area contributed by atoms with Crippen LogP contribution in [0.1, 0.15) is 79.3 Å². The van der Waals surface area contributed by atoms with Gasteiger partial charge in [-0.3, -0.25) is 0 Å². The molecule has 2 heterocycles. The van der Waals surface area contributed by atoms with E-state index in [4.69, 9.17) is 9.98 Å². The lowest BCUT2D eigenvalue weighted by atomic mass is 9.97. The molecular weight excluding hydrogens is 508 g/mol. The zero-order valence-electron chi connectivity index (χ0n) is 24.4. The molecule has 1 aliphatic heterocycles. The van der Waals surface area contributed by atoms with E-state index in [9.17, 15) is 9.90 Å². The van der Waals surface area contributed by atoms with Gasteiger partial charge in [0.05, 0.1) is 28.3 Å². The Hall–Kier alpha value is -4.19. The van der Waals surface area contributed by atoms with Gasteiger partial charge in [0.15, 0.2) is 0 Å². The highest BCUT2D eigenvalue weighted by Gasteiger charge is 2.35. The summed E-state index contributed by atoms with van der Waals surface area (Å²) in [5.74, 6) is 1.16. The summed E-state index contributed by atoms with van der Waals surface area (Å²) in [6, 6.07) is 20.7. The highest BCUT2D eigenvalue weighted by atomic mass is 16.4. The first kappa shape index (κ1) is 27.0. The van der Waals surface area contributed by atoms with Crippen molar-refractivity contribution in [2.75, 3.05) is 0 Å². The fourth-order valence-electron chi connectivity index (χ4n) is 6.47. The molecule has 0 saturated heterocycles. The van der Waals surface area contributed by atoms with E-state index < -0.39 is 5.97 Å². The number of carboxylic acids is 1. The number of carboxylic acid groups (broad SMARTS) is 1. The smallest absolute Gasteiger partial charge is 0.336 e. The number of allylic oxidation sites excluding steroid dienone is 1. The first-order valence-corrected chi connectivity index (χ1v) is 14.8. The molecule has 1 unspecified atom stereocenters. The van der Waals surface area contributed by atoms with Crippen LogP contribution in [0.5, 0.6) is 0 Å². The second-order valence-corrected chi connectivity index (χ2v) is 11.6. The van der Waals surface area contributed by atoms with E-state index in [1.807, 2.05) is 48.5 Å². The number of nitrogens with zero attached hydrogens (tertiary/aromatic N) is 4. The molecule has 0 amide bonds. The van der Waals surface area contributed by atoms with Crippen molar-refractivity contribution in [3.63, 3.8) is 0 Å². The van der Waals surface area contributed by atoms with Gasteiger partial charge in [-0.1, -0.05) is 55.5 Å². The number of aromatic carboxylic acids is 1. The van der Waals surface area contributed by atoms with Crippen LogP contribution < -0.4 is 0 Å². The van der Waals surface area contributed by atoms with Gasteiger partial charge in [0.1, 0.15) is 11.7 Å². The number of benzene rings is 3. The van der Waals surface area contributed by atoms with E-state index >= 15 is 0 Å². The predicted molar refractivity (Wildman–Crippen MR) is 166 cm³/mol. The van der Waals surface area contributed by atoms with Crippen LogP contribution in [-0.4, -0.2) is 43.4 Å². The summed E-state index contributed by atoms with van der Waals surface area (Å²) < 4.78 is 2.28. The molecule has 1 aliphatic carbocycles. The summed E-state index contributed by atoms with van der Waals surface area (Å²) >= 11 is 0. The molecule has 4 aromatic rings. The molecule has 41 heavy (non-hydrogen) atoms. The molecular formula is C35H38N4O2. The van der Waals surface area contributed by atoms with Gasteiger partial charge in [0.25, 0.3) is 0 Å². The van der Waals surface area contributed by atoms with Gasteiger partial charge < -0.3 is 14.6 Å². The fraction of sp³-hybridized carbons (Fsp3) is 0.343. The maximum absolute atomic E-state index is 12.3. The lowest BCUT2D eigenvalue weighted by molar-refractivity contribution is 0.0697. The first-order valence-electron chi connectivity index (χ1n) is 14.8. The number of hydrogen-bond donors (Lipinski definition) is 1. The zero-order valence-corrected chi connectivity index (χ0v) is 24.4. The van der Waals surface area contributed by atoms with Crippen LogP contribution >= 0.6 is 0 Å². The molecule has 1 atom stereocenters. The highest BCUT2D eigenvalue weighted by Crippen LogP contribution is 2.35. The van der Waals surface area contributed by atoms with Crippen molar-refractivity contribution in [2.24, 2.45) is 4.99 Å². The first-order chi connectivity index (χ1) is 19.9. The minimum atomic E-state index is -0.920. The molecule has 0 radical (unpaired) electrons. The van der Waals surface area contributed by atoms with Crippen LogP contribution in [0.25, 0.3) is 22.2 Å². The van der Waals surface area contributed by atoms with Crippen molar-refractivity contribution < 1.29 is 9.90 Å². The second kappa shape index (κ2) is 11.0. The summed E-state index contributed by atoms with van der Waals surface area (Å²) in [5.41, 5.74) is 8.43. The average Bonchev–Trinajstić information content (AvgIpc) is 3.53. The zero-order chi connectivity index (χ0) is 28.7. The van der Waals surface area contributed by atoms with Gasteiger partial charge in [-0.05, 0) is 86.9 Å². The van der Waals surface area contributed by atoms with Crippen LogP contribution in [0.4, 0.5) is 0 Å². The number of aromatic nitrogens is 2. The highest BCUT2D eigenvalue weighted by molar-refractivity contribution is 6.04. The molecule has 1 aromatic heterocycles. The number of carbonyl (C=O) groups is 1. The third kappa shape index (κ3) is 4.96. The Kier molecular flexibility index (Phi) is 7.24. The van der Waals surface area contributed by atoms with E-state index in [1.54, 1.807) is 0 Å². The summed E-state index contributed by atoms with van der Waals surface area (Å²) in [6.07, 6.45) is 7.58. The molecule has 0 spiro atoms. The predicted octanol–water partition coefficient (Wildman–Crippen LogP) is 7.62. The number of hydrogen-bond acceptors (Lipinski definition) is 4. The third-order valence-corrected chi connectivity index (χ3v) is 8.34. The summed E-state index contributed by atoms with van der Waals surface area (Å²) in [6.45, 7) is 9.36. The van der Waals surface area contributed by atoms with Crippen LogP contribution in [0, 0.1) is 6.92 Å². The maximum atomic E-state index is 12.3. The molecule has 6 nitrogen and oxygen atoms in total. The largest absolute Gasteiger partial charge is 0.478 e. The van der Waals surface area contributed by atoms with Gasteiger partial charge >= 0.3 is 5.97 Å². The van der Waals surface area contributed by atoms with Crippen LogP contribution in [0.15, 0.2) is 77.4 Å². The summed E-state index contributed by atoms with van der Waals surface area (Å²) in [7, 11) is 0. The molecule has 6 rings (SSSR count). The lowest BCUT2D eigenvalue weighted by Gasteiger charge is -2.33. The molecule has 0 fully saturated rings. The Morgan fingerprint density at radius 1 is 1.07 bits per heavy atom. The SMILES string of the molecule is CCCc1nc2c(C)cc(C3=NC4=CCCCC4N3C(C)C)cc2n1Cc1ccc(-c2ccccc2)c(C(=O)O)c1. The van der Waals surface area contributed by atoms with E-state index in [1.165, 1.54) is 12.1 Å². The van der Waals surface area contributed by atoms with Crippen LogP contribution in [0.3, 0.4) is 0 Å². The quantitative estimate of drug-likeness (QED) is 0.247. The van der Waals surface area contributed by atoms with E-state index in [0.717, 1.165) is 76.2 Å². The molecule has 3 aromatic carbocycles. The normalized spacial score (nSPS) is 16.7. The van der Waals surface area contributed by atoms with Gasteiger partial charge in [-0.2, -0.15) is 0 Å². The van der Waals surface area contributed by atoms with Gasteiger partial charge in [0, 0.05) is 24.6 Å². The van der Waals surface area contributed by atoms with Crippen molar-refractivity contribution in [1.29, 1.82) is 0 Å². The number of imidazole rings is 1. The number of rotatable bonds is 8. The number of aliphatic imine (C=N–C) groups is 1. The lowest BCUT2D eigenvalue weighted by Crippen LogP contribution is -2.42. The van der Waals surface area contributed by atoms with Crippen LogP contribution in [0.2, 0.25) is 0 Å². The molecule has 1 N–H and O–H groups in total. The minimum Gasteiger partial charge on any atom is -0.478 e. The molecule has 0 bridgehead atoms. The van der Waals surface area contributed by atoms with Crippen molar-refractivity contribution in [3.05, 3.63) is 101 Å². The molecule has 2 aliphatic rings. The summed E-state index contributed by atoms with van der Waals surface area (Å²) in [5, 5.41) is 10.1. The van der Waals surface area contributed by atoms with E-state index in [2.05, 4.69) is 55.4 Å². The van der Waals surface area contributed by atoms with E-state index in [0.29, 0.717) is 24.2 Å². The maximum Gasteiger partial charge on any atom is 0.336 e. The average molecular weight is 547 g/mol. The monoisotopic (exact) mass is 546 g/mol. The number of aryl methyl sites for hydroxylation is 2. The van der Waals surface area contributed by atoms with Gasteiger partial charge in [0.2, 0.25) is 0 Å². The molecule has 210 valence electrons. The number of fused-ring (bicyclic) bond motifs is 2. The Labute approximate surface area is 242 Å². The Bertz CT molecular complexity index is 1680. The number of amidine groups is 1. The minimum absolute atomic E-state index is 0.316. The molecule has 6 heteroatoms. The topological polar surface area (TPSA) is 70.7 Å². The standard InChI is InChI=1S/C35H38N4O2/c1-5-11-32-37-33-23(4)18-26(34-36-29-14-9-10-15-30(29)39(34)22(2)3)20-31(33)38(32)21-24-16-17-27(28(19-24)35(40)41)25-12-7-6-8-13-25/h6-8,12-14,16-20,22,30H,5,9-11,15,21H2,1-4H3,(H,40,41). The molecule has 0 saturated carbocycles. The van der Waals surface area contributed by atoms with Crippen LogP contribution in [-0.2, 0) is 13.0 Å². The second-order valence-electron chi connectivity index (χ2n) is 11.6. The van der Waals surface area contributed by atoms with Crippen molar-refractivity contribution in [3.8, 4) is 11.1 Å². The van der Waals surface area contributed by atoms with Gasteiger partial charge in [-0.25, -0.2) is 14.8 Å². The van der Waals surface area contributed by atoms with E-state index in [-0.39, 0.29) is 0 Å². The fourth-order valence-corrected chi connectivity index (χ4v) is 6.47. The van der Waals surface area contributed by atoms with Crippen molar-refractivity contribution in [1.82, 2.24) is 14.5 Å². The van der Waals surface area contributed by atoms with Gasteiger partial charge in [-0.15, -0.1) is 0 Å². The van der Waals surface area contributed by atoms with Crippen molar-refractivity contribution in [2.45, 2.75) is 78.4 Å². The Morgan fingerprint density at radius 3 is 2.61 bits per heavy atom. The third-order valence-electron chi connectivity index (χ3n) is 8.34. The Balaban J connectivity index is 1.45.